The molecule has 1 atom stereocenters. The highest BCUT2D eigenvalue weighted by molar-refractivity contribution is 5.94. The Hall–Kier alpha value is -6.45. The van der Waals surface area contributed by atoms with E-state index in [2.05, 4.69) is 128 Å². The predicted molar refractivity (Wildman–Crippen MR) is 204 cm³/mol. The molecule has 3 heteroatoms. The van der Waals surface area contributed by atoms with Gasteiger partial charge in [0.25, 0.3) is 0 Å². The van der Waals surface area contributed by atoms with E-state index in [1.54, 1.807) is 0 Å². The molecule has 7 aromatic carbocycles. The van der Waals surface area contributed by atoms with Crippen LogP contribution in [0.2, 0.25) is 0 Å². The Balaban J connectivity index is 1.15. The van der Waals surface area contributed by atoms with Crippen molar-refractivity contribution in [2.24, 2.45) is 0 Å². The van der Waals surface area contributed by atoms with Crippen LogP contribution in [-0.2, 0) is 5.41 Å². The SMILES string of the molecule is CC1(c2ccccc2)c2ccccc2-c2c(-c3cccc(-c4cccc(-c5nc(-c6ccccc6)nc(-c6ccccc6)n5)c4)c3)cccc21. The van der Waals surface area contributed by atoms with Crippen molar-refractivity contribution in [2.45, 2.75) is 12.3 Å². The van der Waals surface area contributed by atoms with Gasteiger partial charge in [0.05, 0.1) is 0 Å². The molecule has 1 unspecified atom stereocenters. The molecule has 0 radical (unpaired) electrons. The van der Waals surface area contributed by atoms with Gasteiger partial charge in [-0.15, -0.1) is 0 Å². The first-order chi connectivity index (χ1) is 24.7. The summed E-state index contributed by atoms with van der Waals surface area (Å²) in [7, 11) is 0. The van der Waals surface area contributed by atoms with Gasteiger partial charge in [-0.2, -0.15) is 0 Å². The lowest BCUT2D eigenvalue weighted by molar-refractivity contribution is 0.714. The van der Waals surface area contributed by atoms with Crippen LogP contribution >= 0.6 is 0 Å². The smallest absolute Gasteiger partial charge is 0.164 e. The third-order valence-corrected chi connectivity index (χ3v) is 10.0. The van der Waals surface area contributed by atoms with Gasteiger partial charge in [0.15, 0.2) is 17.5 Å². The van der Waals surface area contributed by atoms with E-state index in [1.165, 1.54) is 38.9 Å². The summed E-state index contributed by atoms with van der Waals surface area (Å²) in [5.74, 6) is 1.96. The summed E-state index contributed by atoms with van der Waals surface area (Å²) in [6.45, 7) is 2.37. The zero-order chi connectivity index (χ0) is 33.5. The second-order valence-electron chi connectivity index (χ2n) is 13.0. The number of hydrogen-bond acceptors (Lipinski definition) is 3. The van der Waals surface area contributed by atoms with Crippen LogP contribution in [-0.4, -0.2) is 15.0 Å². The van der Waals surface area contributed by atoms with Gasteiger partial charge in [-0.3, -0.25) is 0 Å². The molecule has 50 heavy (non-hydrogen) atoms. The van der Waals surface area contributed by atoms with Gasteiger partial charge in [0.1, 0.15) is 0 Å². The summed E-state index contributed by atoms with van der Waals surface area (Å²) < 4.78 is 0. The van der Waals surface area contributed by atoms with Gasteiger partial charge in [0.2, 0.25) is 0 Å². The van der Waals surface area contributed by atoms with E-state index >= 15 is 0 Å². The Morgan fingerprint density at radius 3 is 1.40 bits per heavy atom. The highest BCUT2D eigenvalue weighted by atomic mass is 15.0. The molecular formula is C47H33N3. The molecular weight excluding hydrogens is 607 g/mol. The van der Waals surface area contributed by atoms with E-state index in [0.717, 1.165) is 27.8 Å². The summed E-state index contributed by atoms with van der Waals surface area (Å²) >= 11 is 0. The minimum atomic E-state index is -0.239. The van der Waals surface area contributed by atoms with Crippen LogP contribution < -0.4 is 0 Å². The molecule has 0 fully saturated rings. The first-order valence-electron chi connectivity index (χ1n) is 17.0. The lowest BCUT2D eigenvalue weighted by Gasteiger charge is -2.28. The second kappa shape index (κ2) is 12.2. The molecule has 9 rings (SSSR count). The summed E-state index contributed by atoms with van der Waals surface area (Å²) in [6, 6.07) is 64.2. The zero-order valence-electron chi connectivity index (χ0n) is 27.7. The highest BCUT2D eigenvalue weighted by Crippen LogP contribution is 2.55. The van der Waals surface area contributed by atoms with E-state index in [4.69, 9.17) is 15.0 Å². The molecule has 0 bridgehead atoms. The fraction of sp³-hybridized carbons (Fsp3) is 0.0426. The molecule has 0 N–H and O–H groups in total. The molecule has 0 amide bonds. The van der Waals surface area contributed by atoms with Crippen LogP contribution in [0.4, 0.5) is 0 Å². The third kappa shape index (κ3) is 5.03. The van der Waals surface area contributed by atoms with Crippen molar-refractivity contribution in [1.29, 1.82) is 0 Å². The van der Waals surface area contributed by atoms with Gasteiger partial charge in [-0.25, -0.2) is 15.0 Å². The lowest BCUT2D eigenvalue weighted by atomic mass is 9.74. The Morgan fingerprint density at radius 1 is 0.340 bits per heavy atom. The average Bonchev–Trinajstić information content (AvgIpc) is 3.47. The van der Waals surface area contributed by atoms with Crippen LogP contribution in [0, 0.1) is 0 Å². The normalized spacial score (nSPS) is 14.6. The minimum Gasteiger partial charge on any atom is -0.208 e. The monoisotopic (exact) mass is 639 g/mol. The average molecular weight is 640 g/mol. The quantitative estimate of drug-likeness (QED) is 0.182. The molecule has 0 saturated heterocycles. The molecule has 3 nitrogen and oxygen atoms in total. The van der Waals surface area contributed by atoms with Crippen molar-refractivity contribution in [3.63, 3.8) is 0 Å². The third-order valence-electron chi connectivity index (χ3n) is 10.0. The molecule has 1 aliphatic rings. The Labute approximate surface area is 292 Å². The number of aromatic nitrogens is 3. The maximum absolute atomic E-state index is 4.98. The molecule has 0 saturated carbocycles. The molecule has 1 aromatic heterocycles. The van der Waals surface area contributed by atoms with Gasteiger partial charge in [-0.1, -0.05) is 170 Å². The van der Waals surface area contributed by atoms with Gasteiger partial charge in [-0.05, 0) is 69.1 Å². The van der Waals surface area contributed by atoms with E-state index in [9.17, 15) is 0 Å². The van der Waals surface area contributed by atoms with Crippen LogP contribution in [0.1, 0.15) is 23.6 Å². The Kier molecular flexibility index (Phi) is 7.25. The fourth-order valence-corrected chi connectivity index (χ4v) is 7.51. The first-order valence-corrected chi connectivity index (χ1v) is 17.0. The number of hydrogen-bond donors (Lipinski definition) is 0. The van der Waals surface area contributed by atoms with Gasteiger partial charge < -0.3 is 0 Å². The Bertz CT molecular complexity index is 2430. The van der Waals surface area contributed by atoms with Crippen molar-refractivity contribution in [3.8, 4) is 67.5 Å². The van der Waals surface area contributed by atoms with Crippen molar-refractivity contribution in [2.75, 3.05) is 0 Å². The molecule has 8 aromatic rings. The maximum atomic E-state index is 4.98. The number of fused-ring (bicyclic) bond motifs is 3. The van der Waals surface area contributed by atoms with Crippen LogP contribution in [0.5, 0.6) is 0 Å². The zero-order valence-corrected chi connectivity index (χ0v) is 27.7. The molecule has 1 aliphatic carbocycles. The second-order valence-corrected chi connectivity index (χ2v) is 13.0. The predicted octanol–water partition coefficient (Wildman–Crippen LogP) is 11.5. The van der Waals surface area contributed by atoms with E-state index in [1.807, 2.05) is 60.7 Å². The van der Waals surface area contributed by atoms with E-state index in [0.29, 0.717) is 17.5 Å². The molecule has 1 heterocycles. The van der Waals surface area contributed by atoms with Crippen molar-refractivity contribution in [3.05, 3.63) is 199 Å². The number of rotatable bonds is 6. The van der Waals surface area contributed by atoms with Gasteiger partial charge in [0, 0.05) is 22.1 Å². The summed E-state index contributed by atoms with van der Waals surface area (Å²) in [5, 5.41) is 0. The first kappa shape index (κ1) is 29.7. The van der Waals surface area contributed by atoms with Crippen LogP contribution in [0.15, 0.2) is 182 Å². The van der Waals surface area contributed by atoms with E-state index in [-0.39, 0.29) is 5.41 Å². The van der Waals surface area contributed by atoms with Crippen molar-refractivity contribution in [1.82, 2.24) is 15.0 Å². The lowest BCUT2D eigenvalue weighted by Crippen LogP contribution is -2.22. The van der Waals surface area contributed by atoms with Crippen molar-refractivity contribution >= 4 is 0 Å². The summed E-state index contributed by atoms with van der Waals surface area (Å²) in [4.78, 5) is 14.8. The van der Waals surface area contributed by atoms with E-state index < -0.39 is 0 Å². The molecule has 0 spiro atoms. The van der Waals surface area contributed by atoms with Crippen LogP contribution in [0.25, 0.3) is 67.5 Å². The standard InChI is InChI=1S/C47H33N3/c1-47(38-24-9-4-10-25-38)41-28-12-11-26-40(41)43-39(27-15-29-42(43)47)36-22-13-20-34(30-36)35-21-14-23-37(31-35)46-49-44(32-16-5-2-6-17-32)48-45(50-46)33-18-7-3-8-19-33/h2-31H,1H3. The fourth-order valence-electron chi connectivity index (χ4n) is 7.51. The minimum absolute atomic E-state index is 0.239. The van der Waals surface area contributed by atoms with Gasteiger partial charge >= 0.3 is 0 Å². The topological polar surface area (TPSA) is 38.7 Å². The summed E-state index contributed by atoms with van der Waals surface area (Å²) in [6.07, 6.45) is 0. The molecule has 0 aliphatic heterocycles. The maximum Gasteiger partial charge on any atom is 0.164 e. The summed E-state index contributed by atoms with van der Waals surface area (Å²) in [5.41, 5.74) is 13.9. The number of benzene rings is 7. The van der Waals surface area contributed by atoms with Crippen molar-refractivity contribution < 1.29 is 0 Å². The molecule has 236 valence electrons. The highest BCUT2D eigenvalue weighted by Gasteiger charge is 2.41. The van der Waals surface area contributed by atoms with Crippen LogP contribution in [0.3, 0.4) is 0 Å². The number of nitrogens with zero attached hydrogens (tertiary/aromatic N) is 3. The largest absolute Gasteiger partial charge is 0.208 e. The Morgan fingerprint density at radius 2 is 0.760 bits per heavy atom.